The van der Waals surface area contributed by atoms with E-state index in [1.165, 1.54) is 0 Å². The number of nitro groups is 1. The van der Waals surface area contributed by atoms with Crippen molar-refractivity contribution in [3.8, 4) is 0 Å². The van der Waals surface area contributed by atoms with Crippen LogP contribution in [0.2, 0.25) is 0 Å². The van der Waals surface area contributed by atoms with Crippen molar-refractivity contribution in [2.75, 3.05) is 0 Å². The van der Waals surface area contributed by atoms with E-state index in [1.54, 1.807) is 6.08 Å². The Hall–Kier alpha value is -1.16. The summed E-state index contributed by atoms with van der Waals surface area (Å²) in [6, 6.07) is 6.96. The molecule has 0 aromatic heterocycles. The molecule has 0 aliphatic rings. The molecule has 2 unspecified atom stereocenters. The average Bonchev–Trinajstić information content (AvgIpc) is 2.26. The zero-order valence-electron chi connectivity index (χ0n) is 9.10. The highest BCUT2D eigenvalue weighted by molar-refractivity contribution is 9.10. The van der Waals surface area contributed by atoms with E-state index >= 15 is 0 Å². The van der Waals surface area contributed by atoms with Crippen LogP contribution < -0.4 is 0 Å². The first-order valence-corrected chi connectivity index (χ1v) is 5.91. The van der Waals surface area contributed by atoms with Crippen LogP contribution in [0, 0.1) is 10.1 Å². The molecule has 0 N–H and O–H groups in total. The topological polar surface area (TPSA) is 43.1 Å². The summed E-state index contributed by atoms with van der Waals surface area (Å²) in [6.45, 7) is 5.52. The zero-order chi connectivity index (χ0) is 12.1. The molecular formula is C12H14BrNO2. The van der Waals surface area contributed by atoms with E-state index < -0.39 is 6.04 Å². The van der Waals surface area contributed by atoms with Crippen molar-refractivity contribution < 1.29 is 4.92 Å². The molecule has 0 aliphatic carbocycles. The van der Waals surface area contributed by atoms with Crippen LogP contribution in [0.25, 0.3) is 0 Å². The van der Waals surface area contributed by atoms with Crippen LogP contribution in [0.1, 0.15) is 24.8 Å². The third kappa shape index (κ3) is 2.92. The molecule has 0 saturated heterocycles. The van der Waals surface area contributed by atoms with Crippen molar-refractivity contribution in [2.45, 2.75) is 25.3 Å². The van der Waals surface area contributed by atoms with Gasteiger partial charge in [-0.1, -0.05) is 41.1 Å². The van der Waals surface area contributed by atoms with Crippen LogP contribution in [0.15, 0.2) is 41.4 Å². The highest BCUT2D eigenvalue weighted by Gasteiger charge is 2.28. The summed E-state index contributed by atoms with van der Waals surface area (Å²) in [5, 5.41) is 10.9. The highest BCUT2D eigenvalue weighted by atomic mass is 79.9. The molecule has 0 bridgehead atoms. The number of hydrogen-bond donors (Lipinski definition) is 0. The second-order valence-corrected chi connectivity index (χ2v) is 4.49. The zero-order valence-corrected chi connectivity index (χ0v) is 10.7. The Morgan fingerprint density at radius 3 is 2.44 bits per heavy atom. The summed E-state index contributed by atoms with van der Waals surface area (Å²) in [7, 11) is 0. The van der Waals surface area contributed by atoms with Gasteiger partial charge in [0.25, 0.3) is 0 Å². The Balaban J connectivity index is 3.01. The minimum atomic E-state index is -0.598. The van der Waals surface area contributed by atoms with Gasteiger partial charge >= 0.3 is 0 Å². The number of halogens is 1. The predicted octanol–water partition coefficient (Wildman–Crippen LogP) is 3.77. The molecule has 0 heterocycles. The Bertz CT molecular complexity index is 375. The molecule has 4 heteroatoms. The lowest BCUT2D eigenvalue weighted by molar-refractivity contribution is -0.525. The largest absolute Gasteiger partial charge is 0.264 e. The summed E-state index contributed by atoms with van der Waals surface area (Å²) in [5.74, 6) is -0.229. The van der Waals surface area contributed by atoms with Gasteiger partial charge in [0.05, 0.1) is 5.92 Å². The SMILES string of the molecule is C=CC(c1ccc(Br)cc1)C(CC)[N+](=O)[O-]. The molecule has 0 aliphatic heterocycles. The molecule has 1 rings (SSSR count). The lowest BCUT2D eigenvalue weighted by Crippen LogP contribution is -2.25. The maximum atomic E-state index is 10.9. The first kappa shape index (κ1) is 12.9. The van der Waals surface area contributed by atoms with Crippen LogP contribution >= 0.6 is 15.9 Å². The first-order valence-electron chi connectivity index (χ1n) is 5.11. The van der Waals surface area contributed by atoms with Crippen molar-refractivity contribution in [1.82, 2.24) is 0 Å². The van der Waals surface area contributed by atoms with Crippen LogP contribution in [0.4, 0.5) is 0 Å². The lowest BCUT2D eigenvalue weighted by Gasteiger charge is -2.16. The molecule has 0 amide bonds. The molecule has 0 saturated carbocycles. The lowest BCUT2D eigenvalue weighted by atomic mass is 9.90. The first-order chi connectivity index (χ1) is 7.60. The molecule has 2 atom stereocenters. The Morgan fingerprint density at radius 2 is 2.06 bits per heavy atom. The van der Waals surface area contributed by atoms with E-state index in [2.05, 4.69) is 22.5 Å². The Labute approximate surface area is 103 Å². The predicted molar refractivity (Wildman–Crippen MR) is 68.2 cm³/mol. The smallest absolute Gasteiger partial charge is 0.223 e. The van der Waals surface area contributed by atoms with Gasteiger partial charge in [0.2, 0.25) is 6.04 Å². The molecule has 0 fully saturated rings. The van der Waals surface area contributed by atoms with Crippen molar-refractivity contribution in [2.24, 2.45) is 0 Å². The molecule has 3 nitrogen and oxygen atoms in total. The van der Waals surface area contributed by atoms with Gasteiger partial charge < -0.3 is 0 Å². The minimum Gasteiger partial charge on any atom is -0.264 e. The number of benzene rings is 1. The van der Waals surface area contributed by atoms with E-state index in [1.807, 2.05) is 31.2 Å². The van der Waals surface area contributed by atoms with Crippen LogP contribution in [0.3, 0.4) is 0 Å². The van der Waals surface area contributed by atoms with Crippen molar-refractivity contribution >= 4 is 15.9 Å². The Kier molecular flexibility index (Phi) is 4.68. The summed E-state index contributed by atoms with van der Waals surface area (Å²) >= 11 is 3.34. The normalized spacial score (nSPS) is 14.1. The molecular weight excluding hydrogens is 270 g/mol. The summed E-state index contributed by atoms with van der Waals surface area (Å²) < 4.78 is 0.966. The maximum Gasteiger partial charge on any atom is 0.223 e. The van der Waals surface area contributed by atoms with Gasteiger partial charge in [-0.2, -0.15) is 0 Å². The molecule has 1 aromatic carbocycles. The van der Waals surface area contributed by atoms with E-state index in [0.717, 1.165) is 10.0 Å². The molecule has 0 spiro atoms. The average molecular weight is 284 g/mol. The van der Waals surface area contributed by atoms with E-state index in [0.29, 0.717) is 6.42 Å². The maximum absolute atomic E-state index is 10.9. The number of hydrogen-bond acceptors (Lipinski definition) is 2. The van der Waals surface area contributed by atoms with Crippen molar-refractivity contribution in [1.29, 1.82) is 0 Å². The molecule has 0 radical (unpaired) electrons. The quantitative estimate of drug-likeness (QED) is 0.469. The van der Waals surface area contributed by atoms with E-state index in [9.17, 15) is 10.1 Å². The van der Waals surface area contributed by atoms with Crippen molar-refractivity contribution in [3.05, 3.63) is 57.1 Å². The van der Waals surface area contributed by atoms with Crippen LogP contribution in [-0.2, 0) is 0 Å². The standard InChI is InChI=1S/C12H14BrNO2/c1-3-11(12(4-2)14(15)16)9-5-7-10(13)8-6-9/h3,5-8,11-12H,1,4H2,2H3. The number of rotatable bonds is 5. The second kappa shape index (κ2) is 5.80. The van der Waals surface area contributed by atoms with E-state index in [-0.39, 0.29) is 10.8 Å². The van der Waals surface area contributed by atoms with Gasteiger partial charge in [-0.3, -0.25) is 10.1 Å². The molecule has 1 aromatic rings. The summed E-state index contributed by atoms with van der Waals surface area (Å²) in [5.41, 5.74) is 0.932. The van der Waals surface area contributed by atoms with Gasteiger partial charge in [-0.05, 0) is 17.7 Å². The highest BCUT2D eigenvalue weighted by Crippen LogP contribution is 2.26. The Morgan fingerprint density at radius 1 is 1.50 bits per heavy atom. The van der Waals surface area contributed by atoms with Gasteiger partial charge in [0.1, 0.15) is 0 Å². The second-order valence-electron chi connectivity index (χ2n) is 3.57. The molecule has 86 valence electrons. The van der Waals surface area contributed by atoms with Crippen LogP contribution in [-0.4, -0.2) is 11.0 Å². The monoisotopic (exact) mass is 283 g/mol. The van der Waals surface area contributed by atoms with Gasteiger partial charge in [-0.25, -0.2) is 0 Å². The van der Waals surface area contributed by atoms with Crippen molar-refractivity contribution in [3.63, 3.8) is 0 Å². The minimum absolute atomic E-state index is 0.228. The fourth-order valence-electron chi connectivity index (χ4n) is 1.73. The fraction of sp³-hybridized carbons (Fsp3) is 0.333. The summed E-state index contributed by atoms with van der Waals surface area (Å²) in [4.78, 5) is 10.7. The summed E-state index contributed by atoms with van der Waals surface area (Å²) in [6.07, 6.45) is 2.15. The van der Waals surface area contributed by atoms with E-state index in [4.69, 9.17) is 0 Å². The van der Waals surface area contributed by atoms with Gasteiger partial charge in [-0.15, -0.1) is 6.58 Å². The fourth-order valence-corrected chi connectivity index (χ4v) is 2.00. The van der Waals surface area contributed by atoms with Crippen LogP contribution in [0.5, 0.6) is 0 Å². The number of nitrogens with zero attached hydrogens (tertiary/aromatic N) is 1. The van der Waals surface area contributed by atoms with Gasteiger partial charge in [0.15, 0.2) is 0 Å². The van der Waals surface area contributed by atoms with Gasteiger partial charge in [0, 0.05) is 15.8 Å². The third-order valence-corrected chi connectivity index (χ3v) is 3.14. The molecule has 16 heavy (non-hydrogen) atoms. The third-order valence-electron chi connectivity index (χ3n) is 2.61.